The van der Waals surface area contributed by atoms with Gasteiger partial charge in [0.15, 0.2) is 31.1 Å². The van der Waals surface area contributed by atoms with Crippen LogP contribution in [0, 0.1) is 17.8 Å². The number of hydrogen-bond donors (Lipinski definition) is 14. The highest BCUT2D eigenvalue weighted by Gasteiger charge is 2.52. The highest BCUT2D eigenvalue weighted by Crippen LogP contribution is 2.33. The van der Waals surface area contributed by atoms with Crippen molar-refractivity contribution in [1.29, 1.82) is 0 Å². The highest BCUT2D eigenvalue weighted by molar-refractivity contribution is 5.74. The summed E-state index contributed by atoms with van der Waals surface area (Å²) in [6, 6.07) is -2.49. The third kappa shape index (κ3) is 10.9. The molecule has 4 saturated heterocycles. The van der Waals surface area contributed by atoms with Crippen LogP contribution in [0.1, 0.15) is 13.8 Å². The van der Waals surface area contributed by atoms with Gasteiger partial charge in [-0.2, -0.15) is 0 Å². The Hall–Kier alpha value is -2.80. The van der Waals surface area contributed by atoms with E-state index < -0.39 is 185 Å². The second-order valence-electron chi connectivity index (χ2n) is 14.3. The molecule has 0 aliphatic carbocycles. The lowest BCUT2D eigenvalue weighted by Gasteiger charge is -2.46. The minimum absolute atomic E-state index is 0.522. The van der Waals surface area contributed by atoms with Crippen LogP contribution in [-0.2, 0) is 52.3 Å². The summed E-state index contributed by atoms with van der Waals surface area (Å²) in [5.41, 5.74) is 0. The van der Waals surface area contributed by atoms with Crippen LogP contribution < -0.4 is 10.6 Å². The highest BCUT2D eigenvalue weighted by atomic mass is 16.7. The fraction of sp³-hybridized carbons (Fsp3) is 0.875. The SMILES string of the molecule is CC(=O)NC1C(CO[C@@H]2OC(C(=O)O)[C@@H](COC[C@@H]3OC(CO)[C@@H](O)C(CO[C@@H]4OC(C(=O)O)[C@@H](O)C(O)C4O)C3NC(C)=O)C(O)C2O)[C@H](O)C(CO)O[C@H]1O. The van der Waals surface area contributed by atoms with Gasteiger partial charge in [0.2, 0.25) is 11.8 Å². The molecule has 12 unspecified atom stereocenters. The molecule has 0 bridgehead atoms. The summed E-state index contributed by atoms with van der Waals surface area (Å²) < 4.78 is 38.3. The van der Waals surface area contributed by atoms with Crippen molar-refractivity contribution in [3.8, 4) is 0 Å². The molecule has 4 rings (SSSR count). The van der Waals surface area contributed by atoms with E-state index in [2.05, 4.69) is 10.6 Å². The Morgan fingerprint density at radius 3 is 1.49 bits per heavy atom. The Labute approximate surface area is 323 Å². The Kier molecular flexibility index (Phi) is 16.8. The molecule has 25 nitrogen and oxygen atoms in total. The number of aliphatic hydroxyl groups excluding tert-OH is 10. The smallest absolute Gasteiger partial charge is 0.335 e. The van der Waals surface area contributed by atoms with Crippen LogP contribution in [0.4, 0.5) is 0 Å². The average Bonchev–Trinajstić information content (AvgIpc) is 3.14. The van der Waals surface area contributed by atoms with Gasteiger partial charge < -0.3 is 105 Å². The van der Waals surface area contributed by atoms with E-state index in [4.69, 9.17) is 33.2 Å². The molecule has 0 saturated carbocycles. The van der Waals surface area contributed by atoms with Gasteiger partial charge in [-0.05, 0) is 0 Å². The molecule has 25 heteroatoms. The number of ether oxygens (including phenoxy) is 7. The standard InChI is InChI=1S/C32H52N2O23/c1-9(37)33-17-11(6-52-32-25(45)22(42)23(43)27(57-32)29(48)49)19(39)14(3-35)54-16(17)8-51-5-13-21(41)24(44)31(56-26(13)28(46)47)53-7-12-18(34-10(2)38)30(50)55-15(4-36)20(12)40/h11-27,30-32,35-36,39-45,50H,3-8H2,1-2H3,(H,33,37)(H,34,38)(H,46,47)(H,48,49)/t11?,12?,13-,14?,15?,16-,17?,18?,19-,20-,21?,22?,23-,24?,25?,26?,27?,30+,31+,32+/m0/s1. The molecule has 328 valence electrons. The molecule has 20 atom stereocenters. The Balaban J connectivity index is 1.44. The molecule has 4 fully saturated rings. The van der Waals surface area contributed by atoms with Gasteiger partial charge in [-0.15, -0.1) is 0 Å². The summed E-state index contributed by atoms with van der Waals surface area (Å²) in [6.45, 7) is -1.67. The van der Waals surface area contributed by atoms with Gasteiger partial charge in [0, 0.05) is 31.6 Å². The largest absolute Gasteiger partial charge is 0.479 e. The molecule has 0 aromatic heterocycles. The molecule has 0 spiro atoms. The lowest BCUT2D eigenvalue weighted by atomic mass is 9.84. The van der Waals surface area contributed by atoms with Gasteiger partial charge in [-0.3, -0.25) is 9.59 Å². The maximum absolute atomic E-state index is 12.3. The van der Waals surface area contributed by atoms with E-state index in [-0.39, 0.29) is 0 Å². The number of hydrogen-bond acceptors (Lipinski definition) is 21. The molecule has 4 aliphatic heterocycles. The van der Waals surface area contributed by atoms with E-state index in [0.29, 0.717) is 0 Å². The molecule has 0 aromatic rings. The first-order valence-electron chi connectivity index (χ1n) is 17.9. The van der Waals surface area contributed by atoms with Crippen LogP contribution in [0.5, 0.6) is 0 Å². The monoisotopic (exact) mass is 832 g/mol. The minimum Gasteiger partial charge on any atom is -0.479 e. The molecule has 0 radical (unpaired) electrons. The molecule has 57 heavy (non-hydrogen) atoms. The molecule has 14 N–H and O–H groups in total. The fourth-order valence-electron chi connectivity index (χ4n) is 7.30. The zero-order valence-corrected chi connectivity index (χ0v) is 30.6. The van der Waals surface area contributed by atoms with Crippen molar-refractivity contribution in [2.45, 2.75) is 118 Å². The van der Waals surface area contributed by atoms with Crippen molar-refractivity contribution >= 4 is 23.8 Å². The van der Waals surface area contributed by atoms with E-state index in [1.807, 2.05) is 0 Å². The molecule has 2 amide bonds. The predicted molar refractivity (Wildman–Crippen MR) is 177 cm³/mol. The van der Waals surface area contributed by atoms with Crippen molar-refractivity contribution in [2.24, 2.45) is 17.8 Å². The van der Waals surface area contributed by atoms with E-state index in [1.165, 1.54) is 0 Å². The summed E-state index contributed by atoms with van der Waals surface area (Å²) in [5, 5.41) is 128. The lowest BCUT2D eigenvalue weighted by Crippen LogP contribution is -2.64. The third-order valence-corrected chi connectivity index (χ3v) is 10.3. The van der Waals surface area contributed by atoms with Crippen molar-refractivity contribution in [1.82, 2.24) is 10.6 Å². The van der Waals surface area contributed by atoms with Crippen LogP contribution in [0.3, 0.4) is 0 Å². The van der Waals surface area contributed by atoms with Gasteiger partial charge >= 0.3 is 11.9 Å². The van der Waals surface area contributed by atoms with Crippen molar-refractivity contribution in [3.63, 3.8) is 0 Å². The van der Waals surface area contributed by atoms with Gasteiger partial charge in [0.1, 0.15) is 42.7 Å². The van der Waals surface area contributed by atoms with Gasteiger partial charge in [0.05, 0.1) is 70.0 Å². The summed E-state index contributed by atoms with van der Waals surface area (Å²) in [4.78, 5) is 47.9. The zero-order chi connectivity index (χ0) is 42.5. The number of aliphatic carboxylic acids is 2. The number of carbonyl (C=O) groups is 4. The van der Waals surface area contributed by atoms with Crippen LogP contribution in [0.15, 0.2) is 0 Å². The molecule has 4 aliphatic rings. The first kappa shape index (κ1) is 46.9. The number of carboxylic acid groups (broad SMARTS) is 2. The maximum Gasteiger partial charge on any atom is 0.335 e. The second kappa shape index (κ2) is 20.4. The number of amides is 2. The Bertz CT molecular complexity index is 1360. The van der Waals surface area contributed by atoms with Crippen molar-refractivity contribution < 1.29 is 114 Å². The van der Waals surface area contributed by atoms with Gasteiger partial charge in [-0.1, -0.05) is 0 Å². The molecular weight excluding hydrogens is 780 g/mol. The lowest BCUT2D eigenvalue weighted by molar-refractivity contribution is -0.303. The third-order valence-electron chi connectivity index (χ3n) is 10.3. The van der Waals surface area contributed by atoms with E-state index in [1.54, 1.807) is 0 Å². The first-order valence-corrected chi connectivity index (χ1v) is 17.9. The van der Waals surface area contributed by atoms with E-state index in [9.17, 15) is 80.5 Å². The zero-order valence-electron chi connectivity index (χ0n) is 30.6. The first-order chi connectivity index (χ1) is 26.8. The van der Waals surface area contributed by atoms with Crippen LogP contribution in [0.25, 0.3) is 0 Å². The second-order valence-corrected chi connectivity index (χ2v) is 14.3. The summed E-state index contributed by atoms with van der Waals surface area (Å²) >= 11 is 0. The Morgan fingerprint density at radius 1 is 0.509 bits per heavy atom. The quantitative estimate of drug-likeness (QED) is 0.0686. The predicted octanol–water partition coefficient (Wildman–Crippen LogP) is -8.49. The molecule has 4 heterocycles. The normalized spacial score (nSPS) is 43.9. The molecular formula is C32H52N2O23. The van der Waals surface area contributed by atoms with Crippen LogP contribution >= 0.6 is 0 Å². The van der Waals surface area contributed by atoms with Gasteiger partial charge in [0.25, 0.3) is 0 Å². The fourth-order valence-corrected chi connectivity index (χ4v) is 7.30. The topological polar surface area (TPSA) is 400 Å². The average molecular weight is 833 g/mol. The Morgan fingerprint density at radius 2 is 0.982 bits per heavy atom. The van der Waals surface area contributed by atoms with Crippen molar-refractivity contribution in [2.75, 3.05) is 39.6 Å². The van der Waals surface area contributed by atoms with E-state index >= 15 is 0 Å². The minimum atomic E-state index is -2.02. The number of carbonyl (C=O) groups excluding carboxylic acids is 2. The molecule has 0 aromatic carbocycles. The number of nitrogens with one attached hydrogen (secondary N) is 2. The number of rotatable bonds is 16. The van der Waals surface area contributed by atoms with Crippen LogP contribution in [-0.4, -0.2) is 229 Å². The van der Waals surface area contributed by atoms with Crippen molar-refractivity contribution in [3.05, 3.63) is 0 Å². The summed E-state index contributed by atoms with van der Waals surface area (Å²) in [7, 11) is 0. The van der Waals surface area contributed by atoms with Crippen LogP contribution in [0.2, 0.25) is 0 Å². The van der Waals surface area contributed by atoms with E-state index in [0.717, 1.165) is 13.8 Å². The number of aliphatic hydroxyl groups is 10. The van der Waals surface area contributed by atoms with Gasteiger partial charge in [-0.25, -0.2) is 9.59 Å². The number of carboxylic acids is 2. The summed E-state index contributed by atoms with van der Waals surface area (Å²) in [5.74, 6) is -8.46. The maximum atomic E-state index is 12.3. The summed E-state index contributed by atoms with van der Waals surface area (Å²) in [6.07, 6.45) is -26.1.